The van der Waals surface area contributed by atoms with Gasteiger partial charge in [0.1, 0.15) is 6.17 Å². The molecule has 0 fully saturated rings. The Hall–Kier alpha value is -0.670. The van der Waals surface area contributed by atoms with Crippen LogP contribution >= 0.6 is 0 Å². The first-order chi connectivity index (χ1) is 9.38. The number of hydrogen-bond acceptors (Lipinski definition) is 3. The molecular formula is C16H30N2O. The fourth-order valence-electron chi connectivity index (χ4n) is 2.44. The minimum atomic E-state index is 0.239. The molecule has 0 saturated heterocycles. The predicted octanol–water partition coefficient (Wildman–Crippen LogP) is 3.39. The Morgan fingerprint density at radius 1 is 1.21 bits per heavy atom. The van der Waals surface area contributed by atoms with E-state index in [0.717, 1.165) is 19.5 Å². The summed E-state index contributed by atoms with van der Waals surface area (Å²) in [6.07, 6.45) is 17.0. The highest BCUT2D eigenvalue weighted by Crippen LogP contribution is 2.15. The zero-order valence-corrected chi connectivity index (χ0v) is 12.4. The van der Waals surface area contributed by atoms with Gasteiger partial charge in [-0.2, -0.15) is 0 Å². The van der Waals surface area contributed by atoms with Crippen molar-refractivity contribution in [1.29, 1.82) is 0 Å². The number of aliphatic hydroxyl groups is 1. The molecule has 1 N–H and O–H groups in total. The quantitative estimate of drug-likeness (QED) is 0.459. The van der Waals surface area contributed by atoms with Gasteiger partial charge in [-0.05, 0) is 32.1 Å². The third-order valence-electron chi connectivity index (χ3n) is 3.63. The summed E-state index contributed by atoms with van der Waals surface area (Å²) in [7, 11) is 0. The van der Waals surface area contributed by atoms with Crippen molar-refractivity contribution in [1.82, 2.24) is 4.90 Å². The second-order valence-electron chi connectivity index (χ2n) is 5.28. The smallest absolute Gasteiger partial charge is 0.102 e. The van der Waals surface area contributed by atoms with E-state index in [1.54, 1.807) is 0 Å². The minimum absolute atomic E-state index is 0.239. The van der Waals surface area contributed by atoms with Crippen LogP contribution in [0.25, 0.3) is 0 Å². The van der Waals surface area contributed by atoms with Crippen molar-refractivity contribution in [3.05, 3.63) is 12.2 Å². The van der Waals surface area contributed by atoms with Crippen LogP contribution in [0.4, 0.5) is 0 Å². The van der Waals surface area contributed by atoms with Crippen molar-refractivity contribution in [3.8, 4) is 0 Å². The van der Waals surface area contributed by atoms with Crippen LogP contribution in [0.2, 0.25) is 0 Å². The molecule has 0 spiro atoms. The fraction of sp³-hybridized carbons (Fsp3) is 0.812. The van der Waals surface area contributed by atoms with Gasteiger partial charge in [-0.3, -0.25) is 9.89 Å². The maximum absolute atomic E-state index is 8.97. The highest BCUT2D eigenvalue weighted by Gasteiger charge is 2.19. The first-order valence-electron chi connectivity index (χ1n) is 7.90. The molecule has 0 bridgehead atoms. The van der Waals surface area contributed by atoms with Crippen molar-refractivity contribution in [3.63, 3.8) is 0 Å². The topological polar surface area (TPSA) is 35.8 Å². The Bertz CT molecular complexity index is 263. The molecule has 1 unspecified atom stereocenters. The molecule has 1 aliphatic rings. The summed E-state index contributed by atoms with van der Waals surface area (Å²) in [6.45, 7) is 4.14. The molecule has 0 aromatic rings. The zero-order chi connectivity index (χ0) is 13.8. The van der Waals surface area contributed by atoms with Crippen LogP contribution in [-0.2, 0) is 0 Å². The van der Waals surface area contributed by atoms with Gasteiger partial charge >= 0.3 is 0 Å². The Balaban J connectivity index is 1.95. The second kappa shape index (κ2) is 11.2. The standard InChI is InChI=1S/C16H30N2O/c1-2-3-4-5-6-7-8-9-10-11-16-17-12-13-18(16)14-15-19/h5-6,12,16,19H,2-4,7-11,13-15H2,1H3/b6-5+. The molecule has 1 rings (SSSR count). The molecule has 0 aliphatic carbocycles. The van der Waals surface area contributed by atoms with Gasteiger partial charge in [0.05, 0.1) is 6.61 Å². The van der Waals surface area contributed by atoms with Crippen molar-refractivity contribution >= 4 is 6.21 Å². The summed E-state index contributed by atoms with van der Waals surface area (Å²) in [5.41, 5.74) is 0. The van der Waals surface area contributed by atoms with Crippen molar-refractivity contribution in [2.45, 2.75) is 64.5 Å². The molecule has 0 amide bonds. The SMILES string of the molecule is CCCC/C=C/CCCCCC1N=CCN1CCO. The lowest BCUT2D eigenvalue weighted by molar-refractivity contribution is 0.176. The van der Waals surface area contributed by atoms with E-state index >= 15 is 0 Å². The van der Waals surface area contributed by atoms with Gasteiger partial charge in [-0.25, -0.2) is 0 Å². The third kappa shape index (κ3) is 7.48. The Labute approximate surface area is 118 Å². The molecule has 0 aromatic carbocycles. The largest absolute Gasteiger partial charge is 0.395 e. The molecule has 1 aliphatic heterocycles. The highest BCUT2D eigenvalue weighted by atomic mass is 16.3. The second-order valence-corrected chi connectivity index (χ2v) is 5.28. The molecule has 19 heavy (non-hydrogen) atoms. The van der Waals surface area contributed by atoms with Gasteiger partial charge in [0.15, 0.2) is 0 Å². The van der Waals surface area contributed by atoms with E-state index in [2.05, 4.69) is 29.0 Å². The fourth-order valence-corrected chi connectivity index (χ4v) is 2.44. The van der Waals surface area contributed by atoms with E-state index in [0.29, 0.717) is 6.17 Å². The van der Waals surface area contributed by atoms with Crippen LogP contribution in [0, 0.1) is 0 Å². The van der Waals surface area contributed by atoms with E-state index in [1.807, 2.05) is 6.21 Å². The monoisotopic (exact) mass is 266 g/mol. The lowest BCUT2D eigenvalue weighted by Crippen LogP contribution is -2.32. The third-order valence-corrected chi connectivity index (χ3v) is 3.63. The lowest BCUT2D eigenvalue weighted by Gasteiger charge is -2.21. The van der Waals surface area contributed by atoms with Crippen molar-refractivity contribution in [2.75, 3.05) is 19.7 Å². The normalized spacial score (nSPS) is 19.8. The van der Waals surface area contributed by atoms with E-state index in [9.17, 15) is 0 Å². The van der Waals surface area contributed by atoms with E-state index in [1.165, 1.54) is 44.9 Å². The van der Waals surface area contributed by atoms with Gasteiger partial charge in [0, 0.05) is 19.3 Å². The van der Waals surface area contributed by atoms with Gasteiger partial charge in [-0.1, -0.05) is 38.3 Å². The minimum Gasteiger partial charge on any atom is -0.395 e. The number of allylic oxidation sites excluding steroid dienone is 2. The maximum atomic E-state index is 8.97. The molecule has 110 valence electrons. The van der Waals surface area contributed by atoms with Crippen LogP contribution in [-0.4, -0.2) is 42.1 Å². The number of aliphatic imine (C=N–C) groups is 1. The van der Waals surface area contributed by atoms with Crippen molar-refractivity contribution < 1.29 is 5.11 Å². The summed E-state index contributed by atoms with van der Waals surface area (Å²) >= 11 is 0. The van der Waals surface area contributed by atoms with Crippen molar-refractivity contribution in [2.24, 2.45) is 4.99 Å². The number of aliphatic hydroxyl groups excluding tert-OH is 1. The van der Waals surface area contributed by atoms with Crippen LogP contribution in [0.5, 0.6) is 0 Å². The number of rotatable bonds is 11. The van der Waals surface area contributed by atoms with Gasteiger partial charge < -0.3 is 5.11 Å². The Kier molecular flexibility index (Phi) is 9.64. The average Bonchev–Trinajstić information content (AvgIpc) is 2.85. The summed E-state index contributed by atoms with van der Waals surface area (Å²) in [5, 5.41) is 8.97. The number of nitrogens with zero attached hydrogens (tertiary/aromatic N) is 2. The van der Waals surface area contributed by atoms with E-state index < -0.39 is 0 Å². The molecule has 3 heteroatoms. The number of unbranched alkanes of at least 4 members (excludes halogenated alkanes) is 5. The molecular weight excluding hydrogens is 236 g/mol. The Morgan fingerprint density at radius 3 is 2.74 bits per heavy atom. The van der Waals surface area contributed by atoms with Crippen LogP contribution in [0.1, 0.15) is 58.3 Å². The number of β-amino-alcohol motifs (C(OH)–C–C–N with tert-alkyl or cyclic N) is 1. The Morgan fingerprint density at radius 2 is 2.00 bits per heavy atom. The first kappa shape index (κ1) is 16.4. The molecule has 1 atom stereocenters. The summed E-state index contributed by atoms with van der Waals surface area (Å²) in [5.74, 6) is 0. The van der Waals surface area contributed by atoms with Crippen LogP contribution in [0.3, 0.4) is 0 Å². The molecule has 0 saturated carbocycles. The van der Waals surface area contributed by atoms with Crippen LogP contribution in [0.15, 0.2) is 17.1 Å². The van der Waals surface area contributed by atoms with Crippen LogP contribution < -0.4 is 0 Å². The maximum Gasteiger partial charge on any atom is 0.102 e. The van der Waals surface area contributed by atoms with Gasteiger partial charge in [0.2, 0.25) is 0 Å². The summed E-state index contributed by atoms with van der Waals surface area (Å²) in [6, 6.07) is 0. The molecule has 3 nitrogen and oxygen atoms in total. The first-order valence-corrected chi connectivity index (χ1v) is 7.90. The average molecular weight is 266 g/mol. The van der Waals surface area contributed by atoms with E-state index in [-0.39, 0.29) is 6.61 Å². The van der Waals surface area contributed by atoms with Gasteiger partial charge in [-0.15, -0.1) is 0 Å². The summed E-state index contributed by atoms with van der Waals surface area (Å²) < 4.78 is 0. The van der Waals surface area contributed by atoms with E-state index in [4.69, 9.17) is 5.11 Å². The highest BCUT2D eigenvalue weighted by molar-refractivity contribution is 5.62. The number of hydrogen-bond donors (Lipinski definition) is 1. The summed E-state index contributed by atoms with van der Waals surface area (Å²) in [4.78, 5) is 6.73. The molecule has 0 radical (unpaired) electrons. The lowest BCUT2D eigenvalue weighted by atomic mass is 10.1. The predicted molar refractivity (Wildman–Crippen MR) is 82.7 cm³/mol. The zero-order valence-electron chi connectivity index (χ0n) is 12.4. The molecule has 1 heterocycles. The molecule has 0 aromatic heterocycles. The van der Waals surface area contributed by atoms with Gasteiger partial charge in [0.25, 0.3) is 0 Å².